The maximum atomic E-state index is 12.2. The van der Waals surface area contributed by atoms with Gasteiger partial charge in [-0.25, -0.2) is 14.8 Å². The van der Waals surface area contributed by atoms with Crippen molar-refractivity contribution < 1.29 is 13.9 Å². The summed E-state index contributed by atoms with van der Waals surface area (Å²) in [4.78, 5) is 24.6. The van der Waals surface area contributed by atoms with E-state index >= 15 is 0 Å². The normalized spacial score (nSPS) is 10.8. The monoisotopic (exact) mass is 351 g/mol. The van der Waals surface area contributed by atoms with E-state index in [4.69, 9.17) is 20.8 Å². The molecule has 25 heavy (non-hydrogen) atoms. The lowest BCUT2D eigenvalue weighted by Gasteiger charge is -2.03. The van der Waals surface area contributed by atoms with Crippen LogP contribution >= 0.6 is 11.6 Å². The number of carbonyl (C=O) groups is 1. The second kappa shape index (κ2) is 6.33. The minimum absolute atomic E-state index is 0.222. The Kier molecular flexibility index (Phi) is 3.87. The first-order valence-corrected chi connectivity index (χ1v) is 7.72. The van der Waals surface area contributed by atoms with Gasteiger partial charge in [-0.1, -0.05) is 17.7 Å². The van der Waals surface area contributed by atoms with Crippen LogP contribution in [0.5, 0.6) is 5.75 Å². The van der Waals surface area contributed by atoms with Gasteiger partial charge in [-0.2, -0.15) is 0 Å². The summed E-state index contributed by atoms with van der Waals surface area (Å²) in [7, 11) is 0. The van der Waals surface area contributed by atoms with E-state index < -0.39 is 5.97 Å². The fraction of sp³-hybridized carbons (Fsp3) is 0. The number of benzene rings is 1. The molecule has 0 bridgehead atoms. The van der Waals surface area contributed by atoms with E-state index in [1.165, 1.54) is 18.3 Å². The minimum Gasteiger partial charge on any atom is -0.435 e. The molecule has 0 aliphatic rings. The maximum absolute atomic E-state index is 12.2. The summed E-state index contributed by atoms with van der Waals surface area (Å²) < 4.78 is 11.1. The molecule has 4 rings (SSSR count). The smallest absolute Gasteiger partial charge is 0.343 e. The third kappa shape index (κ3) is 3.20. The van der Waals surface area contributed by atoms with Crippen LogP contribution in [0.4, 0.5) is 0 Å². The quantitative estimate of drug-likeness (QED) is 0.313. The van der Waals surface area contributed by atoms with Crippen molar-refractivity contribution in [2.24, 2.45) is 0 Å². The number of fused-ring (bicyclic) bond motifs is 1. The molecule has 3 aromatic heterocycles. The Morgan fingerprint density at radius 1 is 1.04 bits per heavy atom. The number of aromatic nitrogens is 3. The molecule has 0 unspecified atom stereocenters. The van der Waals surface area contributed by atoms with E-state index in [-0.39, 0.29) is 5.15 Å². The van der Waals surface area contributed by atoms with Crippen molar-refractivity contribution in [3.63, 3.8) is 0 Å². The van der Waals surface area contributed by atoms with E-state index in [2.05, 4.69) is 15.0 Å². The lowest BCUT2D eigenvalue weighted by atomic mass is 10.2. The van der Waals surface area contributed by atoms with Gasteiger partial charge in [0.1, 0.15) is 22.1 Å². The van der Waals surface area contributed by atoms with E-state index in [9.17, 15) is 4.79 Å². The second-order valence-corrected chi connectivity index (χ2v) is 5.51. The molecule has 0 spiro atoms. The van der Waals surface area contributed by atoms with Crippen LogP contribution in [0.3, 0.4) is 0 Å². The number of oxazole rings is 1. The van der Waals surface area contributed by atoms with Gasteiger partial charge in [0.2, 0.25) is 5.89 Å². The highest BCUT2D eigenvalue weighted by molar-refractivity contribution is 6.29. The molecule has 0 radical (unpaired) electrons. The van der Waals surface area contributed by atoms with Gasteiger partial charge in [-0.05, 0) is 36.4 Å². The van der Waals surface area contributed by atoms with Gasteiger partial charge < -0.3 is 9.15 Å². The second-order valence-electron chi connectivity index (χ2n) is 5.12. The zero-order chi connectivity index (χ0) is 17.2. The predicted molar refractivity (Wildman–Crippen MR) is 91.4 cm³/mol. The fourth-order valence-corrected chi connectivity index (χ4v) is 2.44. The molecule has 0 aliphatic heterocycles. The van der Waals surface area contributed by atoms with Crippen molar-refractivity contribution in [3.05, 3.63) is 71.6 Å². The summed E-state index contributed by atoms with van der Waals surface area (Å²) in [5.41, 5.74) is 2.08. The van der Waals surface area contributed by atoms with E-state index in [0.717, 1.165) is 0 Å². The Balaban J connectivity index is 1.62. The van der Waals surface area contributed by atoms with Crippen molar-refractivity contribution in [3.8, 4) is 17.3 Å². The van der Waals surface area contributed by atoms with E-state index in [0.29, 0.717) is 34.0 Å². The van der Waals surface area contributed by atoms with Gasteiger partial charge in [-0.3, -0.25) is 4.98 Å². The van der Waals surface area contributed by atoms with Crippen LogP contribution in [0.15, 0.2) is 65.3 Å². The van der Waals surface area contributed by atoms with Crippen LogP contribution < -0.4 is 4.74 Å². The molecule has 3 heterocycles. The summed E-state index contributed by atoms with van der Waals surface area (Å²) in [6.45, 7) is 0. The predicted octanol–water partition coefficient (Wildman–Crippen LogP) is 4.16. The largest absolute Gasteiger partial charge is 0.435 e. The number of ether oxygens (including phenoxy) is 1. The zero-order valence-corrected chi connectivity index (χ0v) is 13.5. The van der Waals surface area contributed by atoms with E-state index in [1.54, 1.807) is 30.5 Å². The number of rotatable bonds is 3. The molecule has 6 nitrogen and oxygen atoms in total. The lowest BCUT2D eigenvalue weighted by Crippen LogP contribution is -2.08. The average Bonchev–Trinajstić information content (AvgIpc) is 3.06. The number of carbonyl (C=O) groups excluding carboxylic acids is 1. The Morgan fingerprint density at radius 3 is 2.76 bits per heavy atom. The summed E-state index contributed by atoms with van der Waals surface area (Å²) in [6.07, 6.45) is 3.11. The highest BCUT2D eigenvalue weighted by Crippen LogP contribution is 2.26. The molecule has 1 aromatic carbocycles. The molecule has 0 saturated heterocycles. The first kappa shape index (κ1) is 15.3. The Labute approximate surface area is 147 Å². The number of hydrogen-bond acceptors (Lipinski definition) is 6. The summed E-state index contributed by atoms with van der Waals surface area (Å²) in [6, 6.07) is 13.4. The Morgan fingerprint density at radius 2 is 1.96 bits per heavy atom. The molecule has 0 saturated carbocycles. The van der Waals surface area contributed by atoms with Crippen LogP contribution in [0.2, 0.25) is 5.15 Å². The third-order valence-corrected chi connectivity index (χ3v) is 3.62. The van der Waals surface area contributed by atoms with Crippen molar-refractivity contribution in [1.29, 1.82) is 0 Å². The van der Waals surface area contributed by atoms with Crippen LogP contribution in [0.1, 0.15) is 10.4 Å². The van der Waals surface area contributed by atoms with Crippen molar-refractivity contribution in [1.82, 2.24) is 15.0 Å². The SMILES string of the molecule is O=C(Oc1ccc2nc(-c3ccccn3)oc2c1)c1ccnc(Cl)c1. The minimum atomic E-state index is -0.534. The van der Waals surface area contributed by atoms with Crippen LogP contribution in [-0.2, 0) is 0 Å². The summed E-state index contributed by atoms with van der Waals surface area (Å²) in [5, 5.41) is 0.222. The van der Waals surface area contributed by atoms with Crippen molar-refractivity contribution >= 4 is 28.7 Å². The van der Waals surface area contributed by atoms with Gasteiger partial charge in [-0.15, -0.1) is 0 Å². The summed E-state index contributed by atoms with van der Waals surface area (Å²) in [5.74, 6) is 0.210. The number of halogens is 1. The number of esters is 1. The molecule has 0 fully saturated rings. The molecule has 4 aromatic rings. The van der Waals surface area contributed by atoms with Gasteiger partial charge in [0.05, 0.1) is 5.56 Å². The third-order valence-electron chi connectivity index (χ3n) is 3.42. The molecule has 0 N–H and O–H groups in total. The molecular formula is C18H10ClN3O3. The van der Waals surface area contributed by atoms with Crippen LogP contribution in [-0.4, -0.2) is 20.9 Å². The van der Waals surface area contributed by atoms with Gasteiger partial charge >= 0.3 is 5.97 Å². The first-order valence-electron chi connectivity index (χ1n) is 7.35. The molecule has 0 atom stereocenters. The van der Waals surface area contributed by atoms with Crippen molar-refractivity contribution in [2.45, 2.75) is 0 Å². The topological polar surface area (TPSA) is 78.1 Å². The van der Waals surface area contributed by atoms with Crippen LogP contribution in [0.25, 0.3) is 22.7 Å². The highest BCUT2D eigenvalue weighted by atomic mass is 35.5. The zero-order valence-electron chi connectivity index (χ0n) is 12.7. The number of hydrogen-bond donors (Lipinski definition) is 0. The Bertz CT molecular complexity index is 1060. The standard InChI is InChI=1S/C18H10ClN3O3/c19-16-9-11(6-8-21-16)18(23)24-12-4-5-13-15(10-12)25-17(22-13)14-3-1-2-7-20-14/h1-10H. The average molecular weight is 352 g/mol. The van der Waals surface area contributed by atoms with Crippen molar-refractivity contribution in [2.75, 3.05) is 0 Å². The fourth-order valence-electron chi connectivity index (χ4n) is 2.26. The lowest BCUT2D eigenvalue weighted by molar-refractivity contribution is 0.0735. The van der Waals surface area contributed by atoms with Gasteiger partial charge in [0.15, 0.2) is 5.58 Å². The maximum Gasteiger partial charge on any atom is 0.343 e. The molecular weight excluding hydrogens is 342 g/mol. The van der Waals surface area contributed by atoms with Gasteiger partial charge in [0, 0.05) is 18.5 Å². The number of nitrogens with zero attached hydrogens (tertiary/aromatic N) is 3. The summed E-state index contributed by atoms with van der Waals surface area (Å²) >= 11 is 5.78. The van der Waals surface area contributed by atoms with Crippen LogP contribution in [0, 0.1) is 0 Å². The van der Waals surface area contributed by atoms with E-state index in [1.807, 2.05) is 12.1 Å². The molecule has 122 valence electrons. The first-order chi connectivity index (χ1) is 12.2. The molecule has 7 heteroatoms. The Hall–Kier alpha value is -3.25. The highest BCUT2D eigenvalue weighted by Gasteiger charge is 2.13. The molecule has 0 aliphatic carbocycles. The molecule has 0 amide bonds. The number of pyridine rings is 2. The van der Waals surface area contributed by atoms with Gasteiger partial charge in [0.25, 0.3) is 0 Å².